The summed E-state index contributed by atoms with van der Waals surface area (Å²) in [4.78, 5) is 13.2. The molecule has 1 amide bonds. The topological polar surface area (TPSA) is 59.6 Å². The van der Waals surface area contributed by atoms with Gasteiger partial charge in [-0.2, -0.15) is 0 Å². The number of halogens is 4. The fourth-order valence-corrected chi connectivity index (χ4v) is 5.53. The van der Waals surface area contributed by atoms with E-state index in [1.165, 1.54) is 24.3 Å². The fourth-order valence-electron chi connectivity index (χ4n) is 5.40. The maximum Gasteiger partial charge on any atom is 0.225 e. The molecule has 0 radical (unpaired) electrons. The van der Waals surface area contributed by atoms with Crippen LogP contribution in [-0.4, -0.2) is 43.9 Å². The highest BCUT2D eigenvalue weighted by molar-refractivity contribution is 6.30. The lowest BCUT2D eigenvalue weighted by molar-refractivity contribution is -0.118. The first-order valence-electron chi connectivity index (χ1n) is 13.1. The molecule has 2 aliphatic heterocycles. The standard InChI is InChI=1S/C30H30ClF3N2O3/c31-21-6-4-19(5-7-21)26(20-12-22(32)14-23(33)13-20)15-29(37)36-28-3-1-2-27(34)25(28)9-8-24-16-35-17-30(39-24)10-11-38-18-30/h1-7,12-14,24,26,35H,8-11,15-18H2,(H,36,37)/t24-,26+,30?/m1/s1. The third-order valence-corrected chi connectivity index (χ3v) is 7.61. The smallest absolute Gasteiger partial charge is 0.225 e. The van der Waals surface area contributed by atoms with Gasteiger partial charge in [-0.25, -0.2) is 13.2 Å². The molecule has 3 aromatic carbocycles. The molecular formula is C30H30ClF3N2O3. The summed E-state index contributed by atoms with van der Waals surface area (Å²) < 4.78 is 54.9. The lowest BCUT2D eigenvalue weighted by Gasteiger charge is -2.38. The number of amides is 1. The molecule has 0 saturated carbocycles. The third-order valence-electron chi connectivity index (χ3n) is 7.36. The summed E-state index contributed by atoms with van der Waals surface area (Å²) in [5.41, 5.74) is 1.41. The van der Waals surface area contributed by atoms with E-state index in [1.54, 1.807) is 30.3 Å². The van der Waals surface area contributed by atoms with Crippen LogP contribution < -0.4 is 10.6 Å². The predicted octanol–water partition coefficient (Wildman–Crippen LogP) is 6.00. The maximum atomic E-state index is 14.9. The molecule has 0 aliphatic carbocycles. The van der Waals surface area contributed by atoms with E-state index in [0.29, 0.717) is 60.0 Å². The second-order valence-corrected chi connectivity index (χ2v) is 10.7. The van der Waals surface area contributed by atoms with Gasteiger partial charge in [-0.05, 0) is 60.4 Å². The Morgan fingerprint density at radius 2 is 1.85 bits per heavy atom. The van der Waals surface area contributed by atoms with E-state index in [0.717, 1.165) is 19.0 Å². The number of hydrogen-bond acceptors (Lipinski definition) is 4. The van der Waals surface area contributed by atoms with Gasteiger partial charge in [0.1, 0.15) is 23.1 Å². The summed E-state index contributed by atoms with van der Waals surface area (Å²) >= 11 is 6.03. The minimum atomic E-state index is -0.734. The van der Waals surface area contributed by atoms with Gasteiger partial charge in [-0.15, -0.1) is 0 Å². The van der Waals surface area contributed by atoms with Crippen molar-refractivity contribution < 1.29 is 27.4 Å². The number of nitrogens with one attached hydrogen (secondary N) is 2. The molecule has 2 fully saturated rings. The van der Waals surface area contributed by atoms with Gasteiger partial charge < -0.3 is 20.1 Å². The van der Waals surface area contributed by atoms with Crippen LogP contribution in [0.25, 0.3) is 0 Å². The number of benzene rings is 3. The van der Waals surface area contributed by atoms with Crippen molar-refractivity contribution in [1.82, 2.24) is 5.32 Å². The molecule has 1 spiro atoms. The molecule has 0 aromatic heterocycles. The van der Waals surface area contributed by atoms with Gasteiger partial charge in [-0.3, -0.25) is 4.79 Å². The van der Waals surface area contributed by atoms with Crippen molar-refractivity contribution in [1.29, 1.82) is 0 Å². The van der Waals surface area contributed by atoms with Crippen molar-refractivity contribution in [2.45, 2.75) is 43.3 Å². The quantitative estimate of drug-likeness (QED) is 0.356. The van der Waals surface area contributed by atoms with Gasteiger partial charge >= 0.3 is 0 Å². The first-order chi connectivity index (χ1) is 18.8. The lowest BCUT2D eigenvalue weighted by Crippen LogP contribution is -2.54. The average Bonchev–Trinajstić information content (AvgIpc) is 3.34. The Morgan fingerprint density at radius 3 is 2.56 bits per heavy atom. The molecule has 2 aliphatic rings. The van der Waals surface area contributed by atoms with Gasteiger partial charge in [0.25, 0.3) is 0 Å². The zero-order valence-corrected chi connectivity index (χ0v) is 22.1. The average molecular weight is 559 g/mol. The van der Waals surface area contributed by atoms with Crippen molar-refractivity contribution in [2.75, 3.05) is 31.6 Å². The molecule has 0 bridgehead atoms. The summed E-state index contributed by atoms with van der Waals surface area (Å²) in [6.07, 6.45) is 1.52. The van der Waals surface area contributed by atoms with E-state index in [1.807, 2.05) is 0 Å². The van der Waals surface area contributed by atoms with Crippen LogP contribution >= 0.6 is 11.6 Å². The summed E-state index contributed by atoms with van der Waals surface area (Å²) in [5.74, 6) is -2.94. The number of hydrogen-bond donors (Lipinski definition) is 2. The molecule has 2 N–H and O–H groups in total. The monoisotopic (exact) mass is 558 g/mol. The highest BCUT2D eigenvalue weighted by Crippen LogP contribution is 2.32. The Hall–Kier alpha value is -2.91. The van der Waals surface area contributed by atoms with Crippen molar-refractivity contribution in [2.24, 2.45) is 0 Å². The highest BCUT2D eigenvalue weighted by Gasteiger charge is 2.40. The molecule has 3 atom stereocenters. The van der Waals surface area contributed by atoms with E-state index in [-0.39, 0.29) is 18.1 Å². The molecule has 2 saturated heterocycles. The molecule has 3 aromatic rings. The molecule has 206 valence electrons. The van der Waals surface area contributed by atoms with Gasteiger partial charge in [0, 0.05) is 60.8 Å². The molecule has 2 heterocycles. The van der Waals surface area contributed by atoms with Crippen molar-refractivity contribution in [3.05, 3.63) is 99.8 Å². The lowest BCUT2D eigenvalue weighted by atomic mass is 9.88. The van der Waals surface area contributed by atoms with E-state index < -0.39 is 29.3 Å². The van der Waals surface area contributed by atoms with Crippen molar-refractivity contribution in [3.63, 3.8) is 0 Å². The Morgan fingerprint density at radius 1 is 1.08 bits per heavy atom. The zero-order chi connectivity index (χ0) is 27.4. The Balaban J connectivity index is 1.31. The minimum absolute atomic E-state index is 0.110. The molecule has 5 rings (SSSR count). The Kier molecular flexibility index (Phi) is 8.57. The normalized spacial score (nSPS) is 21.7. The summed E-state index contributed by atoms with van der Waals surface area (Å²) in [7, 11) is 0. The highest BCUT2D eigenvalue weighted by atomic mass is 35.5. The Bertz CT molecular complexity index is 1300. The van der Waals surface area contributed by atoms with Crippen LogP contribution in [0.3, 0.4) is 0 Å². The number of morpholine rings is 1. The van der Waals surface area contributed by atoms with Crippen molar-refractivity contribution >= 4 is 23.2 Å². The van der Waals surface area contributed by atoms with E-state index in [9.17, 15) is 18.0 Å². The largest absolute Gasteiger partial charge is 0.378 e. The number of ether oxygens (including phenoxy) is 2. The van der Waals surface area contributed by atoms with Crippen LogP contribution in [0.15, 0.2) is 60.7 Å². The van der Waals surface area contributed by atoms with Gasteiger partial charge in [0.05, 0.1) is 12.7 Å². The zero-order valence-electron chi connectivity index (χ0n) is 21.3. The third kappa shape index (κ3) is 6.81. The number of carbonyl (C=O) groups excluding carboxylic acids is 1. The second kappa shape index (κ2) is 12.1. The van der Waals surface area contributed by atoms with E-state index in [4.69, 9.17) is 21.1 Å². The van der Waals surface area contributed by atoms with Crippen LogP contribution in [0.2, 0.25) is 5.02 Å². The molecular weight excluding hydrogens is 529 g/mol. The summed E-state index contributed by atoms with van der Waals surface area (Å²) in [6.45, 7) is 2.60. The van der Waals surface area contributed by atoms with Gasteiger partial charge in [-0.1, -0.05) is 29.8 Å². The number of carbonyl (C=O) groups is 1. The van der Waals surface area contributed by atoms with Crippen LogP contribution in [0.4, 0.5) is 18.9 Å². The Labute approximate surface area is 230 Å². The fraction of sp³-hybridized carbons (Fsp3) is 0.367. The van der Waals surface area contributed by atoms with Crippen LogP contribution in [0, 0.1) is 17.5 Å². The molecule has 39 heavy (non-hydrogen) atoms. The van der Waals surface area contributed by atoms with Crippen LogP contribution in [0.1, 0.15) is 41.9 Å². The molecule has 1 unspecified atom stereocenters. The first kappa shape index (κ1) is 27.6. The van der Waals surface area contributed by atoms with Crippen molar-refractivity contribution in [3.8, 4) is 0 Å². The molecule has 9 heteroatoms. The summed E-state index contributed by atoms with van der Waals surface area (Å²) in [6, 6.07) is 14.5. The van der Waals surface area contributed by atoms with Crippen LogP contribution in [-0.2, 0) is 20.7 Å². The molecule has 5 nitrogen and oxygen atoms in total. The number of anilines is 1. The van der Waals surface area contributed by atoms with E-state index >= 15 is 0 Å². The summed E-state index contributed by atoms with van der Waals surface area (Å²) in [5, 5.41) is 6.73. The maximum absolute atomic E-state index is 14.9. The van der Waals surface area contributed by atoms with Gasteiger partial charge in [0.2, 0.25) is 5.91 Å². The van der Waals surface area contributed by atoms with E-state index in [2.05, 4.69) is 10.6 Å². The predicted molar refractivity (Wildman–Crippen MR) is 144 cm³/mol. The first-order valence-corrected chi connectivity index (χ1v) is 13.4. The van der Waals surface area contributed by atoms with Gasteiger partial charge in [0.15, 0.2) is 0 Å². The minimum Gasteiger partial charge on any atom is -0.378 e. The number of rotatable bonds is 8. The SMILES string of the molecule is O=C(C[C@@H](c1ccc(Cl)cc1)c1cc(F)cc(F)c1)Nc1cccc(F)c1CC[C@@H]1CNCC2(CCOC2)O1. The second-order valence-electron chi connectivity index (χ2n) is 10.2. The van der Waals surface area contributed by atoms with Crippen LogP contribution in [0.5, 0.6) is 0 Å².